The molecule has 0 radical (unpaired) electrons. The first-order valence-corrected chi connectivity index (χ1v) is 11.7. The van der Waals surface area contributed by atoms with Gasteiger partial charge in [0.05, 0.1) is 30.1 Å². The number of aromatic nitrogens is 1. The fraction of sp³-hybridized carbons (Fsp3) is 0.423. The van der Waals surface area contributed by atoms with Gasteiger partial charge in [-0.15, -0.1) is 0 Å². The van der Waals surface area contributed by atoms with E-state index in [0.717, 1.165) is 24.3 Å². The van der Waals surface area contributed by atoms with Gasteiger partial charge in [0.25, 0.3) is 5.91 Å². The van der Waals surface area contributed by atoms with E-state index in [9.17, 15) is 14.0 Å². The van der Waals surface area contributed by atoms with Gasteiger partial charge in [-0.05, 0) is 62.2 Å². The van der Waals surface area contributed by atoms with Crippen LogP contribution in [0.25, 0.3) is 5.70 Å². The highest BCUT2D eigenvalue weighted by atomic mass is 19.1. The highest BCUT2D eigenvalue weighted by molar-refractivity contribution is 5.98. The summed E-state index contributed by atoms with van der Waals surface area (Å²) < 4.78 is 19.1. The Labute approximate surface area is 199 Å². The molecular formula is C26H31FN4O3. The van der Waals surface area contributed by atoms with Crippen LogP contribution in [0.2, 0.25) is 0 Å². The minimum absolute atomic E-state index is 0.0224. The Morgan fingerprint density at radius 3 is 2.44 bits per heavy atom. The molecule has 8 heteroatoms. The number of benzene rings is 1. The van der Waals surface area contributed by atoms with Crippen molar-refractivity contribution in [3.8, 4) is 5.75 Å². The number of hydrogen-bond donors (Lipinski definition) is 2. The van der Waals surface area contributed by atoms with E-state index in [4.69, 9.17) is 4.74 Å². The Morgan fingerprint density at radius 2 is 1.82 bits per heavy atom. The first-order chi connectivity index (χ1) is 16.5. The van der Waals surface area contributed by atoms with Crippen molar-refractivity contribution in [2.24, 2.45) is 5.92 Å². The molecule has 2 atom stereocenters. The van der Waals surface area contributed by atoms with Crippen LogP contribution in [0.1, 0.15) is 45.7 Å². The zero-order valence-electron chi connectivity index (χ0n) is 19.4. The number of likely N-dealkylation sites (tertiary alicyclic amines) is 1. The van der Waals surface area contributed by atoms with Crippen molar-refractivity contribution in [2.75, 3.05) is 33.3 Å². The first-order valence-electron chi connectivity index (χ1n) is 11.7. The summed E-state index contributed by atoms with van der Waals surface area (Å²) in [5.41, 5.74) is 2.55. The van der Waals surface area contributed by atoms with Gasteiger partial charge in [0.2, 0.25) is 0 Å². The van der Waals surface area contributed by atoms with Crippen LogP contribution in [0.3, 0.4) is 0 Å². The number of nitrogens with one attached hydrogen (secondary N) is 2. The van der Waals surface area contributed by atoms with Gasteiger partial charge in [-0.1, -0.05) is 6.58 Å². The van der Waals surface area contributed by atoms with Crippen molar-refractivity contribution >= 4 is 17.4 Å². The largest absolute Gasteiger partial charge is 0.497 e. The van der Waals surface area contributed by atoms with Gasteiger partial charge < -0.3 is 20.3 Å². The number of carbonyl (C=O) groups is 2. The summed E-state index contributed by atoms with van der Waals surface area (Å²) in [6, 6.07) is 10.2. The van der Waals surface area contributed by atoms with E-state index in [1.807, 2.05) is 24.3 Å². The Hall–Kier alpha value is -3.26. The second-order valence-corrected chi connectivity index (χ2v) is 8.82. The number of piperidine rings is 2. The topological polar surface area (TPSA) is 83.6 Å². The molecule has 1 aromatic carbocycles. The molecule has 180 valence electrons. The number of alkyl halides is 1. The molecule has 4 rings (SSSR count). The van der Waals surface area contributed by atoms with Crippen molar-refractivity contribution < 1.29 is 18.7 Å². The van der Waals surface area contributed by atoms with Crippen LogP contribution in [0, 0.1) is 5.92 Å². The molecule has 2 saturated heterocycles. The first kappa shape index (κ1) is 23.9. The van der Waals surface area contributed by atoms with E-state index in [1.165, 1.54) is 6.20 Å². The van der Waals surface area contributed by atoms with Gasteiger partial charge >= 0.3 is 0 Å². The Morgan fingerprint density at radius 1 is 1.12 bits per heavy atom. The molecule has 2 aliphatic rings. The third-order valence-electron chi connectivity index (χ3n) is 6.67. The fourth-order valence-corrected chi connectivity index (χ4v) is 4.50. The van der Waals surface area contributed by atoms with E-state index in [1.54, 1.807) is 19.2 Å². The van der Waals surface area contributed by atoms with Crippen LogP contribution in [0.4, 0.5) is 4.39 Å². The number of pyridine rings is 1. The van der Waals surface area contributed by atoms with E-state index in [-0.39, 0.29) is 24.2 Å². The lowest BCUT2D eigenvalue weighted by Gasteiger charge is -2.34. The minimum atomic E-state index is -1.09. The molecule has 0 spiro atoms. The van der Waals surface area contributed by atoms with Crippen molar-refractivity contribution in [1.29, 1.82) is 0 Å². The normalized spacial score (nSPS) is 21.1. The van der Waals surface area contributed by atoms with Gasteiger partial charge in [0.15, 0.2) is 5.78 Å². The highest BCUT2D eigenvalue weighted by Gasteiger charge is 2.28. The van der Waals surface area contributed by atoms with Crippen molar-refractivity contribution in [2.45, 2.75) is 31.5 Å². The van der Waals surface area contributed by atoms with Crippen LogP contribution in [0.15, 0.2) is 49.2 Å². The zero-order valence-corrected chi connectivity index (χ0v) is 19.4. The predicted molar refractivity (Wildman–Crippen MR) is 129 cm³/mol. The number of amides is 1. The molecule has 2 N–H and O–H groups in total. The third-order valence-corrected chi connectivity index (χ3v) is 6.67. The third kappa shape index (κ3) is 5.44. The number of rotatable bonds is 7. The number of nitrogens with zero attached hydrogens (tertiary/aromatic N) is 2. The van der Waals surface area contributed by atoms with E-state index >= 15 is 0 Å². The fourth-order valence-electron chi connectivity index (χ4n) is 4.50. The Bertz CT molecular complexity index is 1020. The molecule has 1 aromatic heterocycles. The molecule has 34 heavy (non-hydrogen) atoms. The quantitative estimate of drug-likeness (QED) is 0.611. The summed E-state index contributed by atoms with van der Waals surface area (Å²) in [6.45, 7) is 6.54. The van der Waals surface area contributed by atoms with Crippen LogP contribution in [-0.4, -0.2) is 67.1 Å². The lowest BCUT2D eigenvalue weighted by molar-refractivity contribution is 0.0867. The smallest absolute Gasteiger partial charge is 0.253 e. The van der Waals surface area contributed by atoms with Crippen LogP contribution >= 0.6 is 0 Å². The summed E-state index contributed by atoms with van der Waals surface area (Å²) in [7, 11) is 1.60. The van der Waals surface area contributed by atoms with Gasteiger partial charge in [-0.3, -0.25) is 14.6 Å². The Balaban J connectivity index is 1.30. The molecule has 3 heterocycles. The summed E-state index contributed by atoms with van der Waals surface area (Å²) >= 11 is 0. The molecular weight excluding hydrogens is 435 g/mol. The van der Waals surface area contributed by atoms with Crippen LogP contribution in [-0.2, 0) is 0 Å². The maximum atomic E-state index is 14.0. The predicted octanol–water partition coefficient (Wildman–Crippen LogP) is 3.09. The number of halogens is 1. The lowest BCUT2D eigenvalue weighted by Crippen LogP contribution is -2.50. The number of carbonyl (C=O) groups excluding carboxylic acids is 2. The number of ether oxygens (including phenoxy) is 1. The second kappa shape index (κ2) is 10.8. The van der Waals surface area contributed by atoms with Crippen molar-refractivity contribution in [3.63, 3.8) is 0 Å². The van der Waals surface area contributed by atoms with Gasteiger partial charge in [0, 0.05) is 37.3 Å². The number of Topliss-reactive ketones (excluding diaryl/α,β-unsaturated/α-hetero) is 1. The molecule has 2 aromatic rings. The SMILES string of the molecule is C=C(c1ccc(C(=O)NC2CCNCC2F)cn1)N1CCC(C(=O)c2ccc(OC)cc2)CC1. The minimum Gasteiger partial charge on any atom is -0.497 e. The zero-order chi connectivity index (χ0) is 24.1. The molecule has 0 bridgehead atoms. The highest BCUT2D eigenvalue weighted by Crippen LogP contribution is 2.27. The summed E-state index contributed by atoms with van der Waals surface area (Å²) in [6.07, 6.45) is 2.45. The van der Waals surface area contributed by atoms with Crippen LogP contribution in [0.5, 0.6) is 5.75 Å². The maximum Gasteiger partial charge on any atom is 0.253 e. The second-order valence-electron chi connectivity index (χ2n) is 8.82. The molecule has 2 unspecified atom stereocenters. The molecule has 1 amide bonds. The van der Waals surface area contributed by atoms with Crippen molar-refractivity contribution in [3.05, 3.63) is 66.0 Å². The summed E-state index contributed by atoms with van der Waals surface area (Å²) in [5, 5.41) is 5.74. The summed E-state index contributed by atoms with van der Waals surface area (Å²) in [4.78, 5) is 31.9. The molecule has 2 fully saturated rings. The summed E-state index contributed by atoms with van der Waals surface area (Å²) in [5.74, 6) is 0.546. The number of hydrogen-bond acceptors (Lipinski definition) is 6. The van der Waals surface area contributed by atoms with Gasteiger partial charge in [-0.25, -0.2) is 4.39 Å². The lowest BCUT2D eigenvalue weighted by atomic mass is 9.88. The van der Waals surface area contributed by atoms with Crippen molar-refractivity contribution in [1.82, 2.24) is 20.5 Å². The van der Waals surface area contributed by atoms with E-state index in [0.29, 0.717) is 42.9 Å². The van der Waals surface area contributed by atoms with Gasteiger partial charge in [0.1, 0.15) is 11.9 Å². The molecule has 0 aliphatic carbocycles. The Kier molecular flexibility index (Phi) is 7.57. The van der Waals surface area contributed by atoms with E-state index < -0.39 is 12.2 Å². The average molecular weight is 467 g/mol. The maximum absolute atomic E-state index is 14.0. The van der Waals surface area contributed by atoms with Gasteiger partial charge in [-0.2, -0.15) is 0 Å². The number of ketones is 1. The molecule has 0 saturated carbocycles. The molecule has 2 aliphatic heterocycles. The standard InChI is InChI=1S/C26H31FN4O3/c1-17(23-8-5-20(15-29-23)26(33)30-24-9-12-28-16-22(24)27)31-13-10-19(11-14-31)25(32)18-3-6-21(34-2)7-4-18/h3-8,15,19,22,24,28H,1,9-14,16H2,2H3,(H,30,33). The number of methoxy groups -OCH3 is 1. The van der Waals surface area contributed by atoms with Crippen LogP contribution < -0.4 is 15.4 Å². The monoisotopic (exact) mass is 466 g/mol. The van der Waals surface area contributed by atoms with E-state index in [2.05, 4.69) is 27.1 Å². The molecule has 7 nitrogen and oxygen atoms in total. The average Bonchev–Trinajstić information content (AvgIpc) is 2.89.